The van der Waals surface area contributed by atoms with Gasteiger partial charge in [0.1, 0.15) is 11.9 Å². The molecule has 0 radical (unpaired) electrons. The lowest BCUT2D eigenvalue weighted by molar-refractivity contribution is -0.156. The Balaban J connectivity index is 1.44. The highest BCUT2D eigenvalue weighted by Crippen LogP contribution is 2.54. The van der Waals surface area contributed by atoms with Gasteiger partial charge in [0.05, 0.1) is 24.2 Å². The number of cyclic esters (lactones) is 4. The monoisotopic (exact) mass is 546 g/mol. The lowest BCUT2D eigenvalue weighted by Gasteiger charge is -2.41. The van der Waals surface area contributed by atoms with Crippen molar-refractivity contribution in [3.63, 3.8) is 0 Å². The summed E-state index contributed by atoms with van der Waals surface area (Å²) in [6, 6.07) is 4.89. The molecule has 42 heavy (non-hydrogen) atoms. The van der Waals surface area contributed by atoms with Crippen molar-refractivity contribution in [3.8, 4) is 113 Å². The molecule has 4 atom stereocenters. The average Bonchev–Trinajstić information content (AvgIpc) is 3.46. The van der Waals surface area contributed by atoms with Crippen LogP contribution in [0.25, 0.3) is 0 Å². The first kappa shape index (κ1) is 28.4. The lowest BCUT2D eigenvalue weighted by atomic mass is 9.58. The maximum Gasteiger partial charge on any atom is 0.321 e. The van der Waals surface area contributed by atoms with Gasteiger partial charge in [0, 0.05) is 52.8 Å². The van der Waals surface area contributed by atoms with Gasteiger partial charge in [-0.05, 0) is 77.0 Å². The van der Waals surface area contributed by atoms with E-state index in [1.807, 2.05) is 0 Å². The summed E-state index contributed by atoms with van der Waals surface area (Å²) < 4.78 is 15.1. The largest absolute Gasteiger partial charge is 0.407 e. The Morgan fingerprint density at radius 2 is 1.33 bits per heavy atom. The van der Waals surface area contributed by atoms with Crippen molar-refractivity contribution < 1.29 is 33.4 Å². The molecule has 0 bridgehead atoms. The van der Waals surface area contributed by atoms with Crippen molar-refractivity contribution in [2.45, 2.75) is 31.1 Å². The van der Waals surface area contributed by atoms with Gasteiger partial charge in [-0.3, -0.25) is 19.2 Å². The van der Waals surface area contributed by atoms with Crippen LogP contribution in [0.4, 0.5) is 0 Å². The summed E-state index contributed by atoms with van der Waals surface area (Å²) in [5, 5.41) is 0. The van der Waals surface area contributed by atoms with Crippen LogP contribution in [0.15, 0.2) is 18.2 Å². The van der Waals surface area contributed by atoms with Crippen LogP contribution >= 0.6 is 0 Å². The highest BCUT2D eigenvalue weighted by Gasteiger charge is 2.58. The van der Waals surface area contributed by atoms with Crippen molar-refractivity contribution in [1.29, 1.82) is 0 Å². The number of terminal acetylenes is 1. The van der Waals surface area contributed by atoms with Crippen molar-refractivity contribution in [3.05, 3.63) is 29.3 Å². The molecule has 2 aliphatic heterocycles. The van der Waals surface area contributed by atoms with Crippen LogP contribution in [0.5, 0.6) is 5.75 Å². The molecule has 2 fully saturated rings. The van der Waals surface area contributed by atoms with Crippen LogP contribution in [0.1, 0.15) is 36.8 Å². The Bertz CT molecular complexity index is 1980. The fourth-order valence-electron chi connectivity index (χ4n) is 4.87. The summed E-state index contributed by atoms with van der Waals surface area (Å²) in [6.45, 7) is 1.78. The minimum absolute atomic E-state index is 0.116. The molecule has 7 heteroatoms. The van der Waals surface area contributed by atoms with Gasteiger partial charge in [0.25, 0.3) is 0 Å². The first-order valence-electron chi connectivity index (χ1n) is 12.1. The predicted octanol–water partition coefficient (Wildman–Crippen LogP) is 1.22. The molecule has 0 saturated carbocycles. The number of benzene rings is 1. The molecule has 0 aromatic heterocycles. The van der Waals surface area contributed by atoms with E-state index in [4.69, 9.17) is 20.6 Å². The molecule has 1 aromatic carbocycles. The standard InChI is InChI=1S/C35H14O7/c1-3-4-5-6-7-8-9-10-11-12-13-14-15-16-17-18-21-40-25-19-20-28-26(22-25)31-27(32(37)42-34(31)39)24-35(28,2)29-23-30(36)41-33(29)38/h1,19-20,22,27,29,31H,23-24H2,2H3. The van der Waals surface area contributed by atoms with Gasteiger partial charge in [0.2, 0.25) is 0 Å². The molecule has 1 aliphatic carbocycles. The molecule has 2 saturated heterocycles. The van der Waals surface area contributed by atoms with Gasteiger partial charge in [-0.1, -0.05) is 13.0 Å². The lowest BCUT2D eigenvalue weighted by Crippen LogP contribution is -2.43. The van der Waals surface area contributed by atoms with Crippen molar-refractivity contribution in [2.24, 2.45) is 11.8 Å². The molecule has 4 unspecified atom stereocenters. The zero-order valence-electron chi connectivity index (χ0n) is 21.8. The number of ether oxygens (including phenoxy) is 3. The fourth-order valence-corrected chi connectivity index (χ4v) is 4.87. The van der Waals surface area contributed by atoms with Crippen molar-refractivity contribution in [2.75, 3.05) is 0 Å². The Labute approximate surface area is 242 Å². The Morgan fingerprint density at radius 3 is 1.88 bits per heavy atom. The van der Waals surface area contributed by atoms with Crippen molar-refractivity contribution >= 4 is 23.9 Å². The molecule has 7 nitrogen and oxygen atoms in total. The molecular weight excluding hydrogens is 532 g/mol. The second-order valence-corrected chi connectivity index (χ2v) is 8.97. The van der Waals surface area contributed by atoms with Crippen molar-refractivity contribution in [1.82, 2.24) is 0 Å². The van der Waals surface area contributed by atoms with E-state index in [0.717, 1.165) is 0 Å². The Hall–Kier alpha value is -6.66. The van der Waals surface area contributed by atoms with E-state index in [1.54, 1.807) is 25.1 Å². The topological polar surface area (TPSA) is 96.0 Å². The molecule has 2 heterocycles. The summed E-state index contributed by atoms with van der Waals surface area (Å²) in [7, 11) is 0. The van der Waals surface area contributed by atoms with Crippen LogP contribution in [-0.4, -0.2) is 23.9 Å². The number of esters is 4. The molecule has 0 amide bonds. The quantitative estimate of drug-likeness (QED) is 0.313. The summed E-state index contributed by atoms with van der Waals surface area (Å²) in [5.41, 5.74) is 0.176. The maximum absolute atomic E-state index is 12.5. The van der Waals surface area contributed by atoms with E-state index < -0.39 is 47.0 Å². The van der Waals surface area contributed by atoms with Crippen LogP contribution < -0.4 is 4.74 Å². The van der Waals surface area contributed by atoms with E-state index in [1.165, 1.54) is 0 Å². The number of hydrogen-bond donors (Lipinski definition) is 0. The maximum atomic E-state index is 12.5. The number of carbonyl (C=O) groups excluding carboxylic acids is 4. The second-order valence-electron chi connectivity index (χ2n) is 8.97. The van der Waals surface area contributed by atoms with E-state index in [0.29, 0.717) is 11.1 Å². The summed E-state index contributed by atoms with van der Waals surface area (Å²) >= 11 is 0. The van der Waals surface area contributed by atoms with E-state index >= 15 is 0 Å². The van der Waals surface area contributed by atoms with Gasteiger partial charge in [-0.15, -0.1) is 6.42 Å². The Kier molecular flexibility index (Phi) is 8.73. The third-order valence-electron chi connectivity index (χ3n) is 6.58. The molecule has 0 spiro atoms. The normalized spacial score (nSPS) is 21.6. The number of hydrogen-bond acceptors (Lipinski definition) is 7. The molecule has 4 rings (SSSR count). The van der Waals surface area contributed by atoms with Gasteiger partial charge < -0.3 is 14.2 Å². The average molecular weight is 546 g/mol. The third-order valence-corrected chi connectivity index (χ3v) is 6.58. The predicted molar refractivity (Wildman–Crippen MR) is 147 cm³/mol. The first-order valence-corrected chi connectivity index (χ1v) is 12.1. The van der Waals surface area contributed by atoms with Crippen LogP contribution in [0, 0.1) is 119 Å². The SMILES string of the molecule is C#CC#CC#CC#CC#CC#CC#CC#CC#COc1ccc2c(c1)C1C(=O)OC(=O)C1CC2(C)C1CC(=O)OC1=O. The van der Waals surface area contributed by atoms with E-state index in [9.17, 15) is 19.2 Å². The van der Waals surface area contributed by atoms with Gasteiger partial charge in [0.15, 0.2) is 0 Å². The molecule has 1 aromatic rings. The van der Waals surface area contributed by atoms with Gasteiger partial charge in [-0.2, -0.15) is 0 Å². The third kappa shape index (κ3) is 6.31. The first-order chi connectivity index (χ1) is 20.3. The summed E-state index contributed by atoms with van der Waals surface area (Å²) in [6.07, 6.45) is 7.41. The molecular formula is C35H14O7. The highest BCUT2D eigenvalue weighted by atomic mass is 16.6. The minimum atomic E-state index is -0.938. The highest BCUT2D eigenvalue weighted by molar-refractivity contribution is 6.01. The van der Waals surface area contributed by atoms with Crippen LogP contribution in [-0.2, 0) is 34.1 Å². The van der Waals surface area contributed by atoms with E-state index in [-0.39, 0.29) is 18.6 Å². The fraction of sp³-hybridized carbons (Fsp3) is 0.200. The molecule has 196 valence electrons. The van der Waals surface area contributed by atoms with Crippen LogP contribution in [0.2, 0.25) is 0 Å². The zero-order chi connectivity index (χ0) is 30.0. The second kappa shape index (κ2) is 12.9. The zero-order valence-corrected chi connectivity index (χ0v) is 21.8. The number of carbonyl (C=O) groups is 4. The molecule has 3 aliphatic rings. The smallest absolute Gasteiger partial charge is 0.321 e. The summed E-state index contributed by atoms with van der Waals surface area (Å²) in [5.74, 6) is 34.2. The van der Waals surface area contributed by atoms with Gasteiger partial charge in [-0.25, -0.2) is 0 Å². The van der Waals surface area contributed by atoms with Gasteiger partial charge >= 0.3 is 23.9 Å². The number of fused-ring (bicyclic) bond motifs is 3. The summed E-state index contributed by atoms with van der Waals surface area (Å²) in [4.78, 5) is 49.3. The number of rotatable bonds is 2. The minimum Gasteiger partial charge on any atom is -0.407 e. The molecule has 0 N–H and O–H groups in total. The van der Waals surface area contributed by atoms with Crippen LogP contribution in [0.3, 0.4) is 0 Å². The van der Waals surface area contributed by atoms with E-state index in [2.05, 4.69) is 101 Å². The Morgan fingerprint density at radius 1 is 0.762 bits per heavy atom.